The molecule has 1 unspecified atom stereocenters. The monoisotopic (exact) mass is 489 g/mol. The highest BCUT2D eigenvalue weighted by atomic mass is 32.2. The smallest absolute Gasteiger partial charge is 0.341 e. The van der Waals surface area contributed by atoms with Crippen molar-refractivity contribution in [3.63, 3.8) is 0 Å². The van der Waals surface area contributed by atoms with Crippen LogP contribution in [0.15, 0.2) is 46.2 Å². The lowest BCUT2D eigenvalue weighted by Crippen LogP contribution is -2.49. The van der Waals surface area contributed by atoms with Crippen LogP contribution < -0.4 is 0 Å². The zero-order valence-corrected chi connectivity index (χ0v) is 20.2. The molecule has 0 aromatic heterocycles. The van der Waals surface area contributed by atoms with Crippen molar-refractivity contribution in [3.05, 3.63) is 58.7 Å². The van der Waals surface area contributed by atoms with Crippen molar-refractivity contribution in [1.29, 1.82) is 0 Å². The third-order valence-corrected chi connectivity index (χ3v) is 8.45. The normalized spacial score (nSPS) is 21.9. The first kappa shape index (κ1) is 23.7. The zero-order chi connectivity index (χ0) is 23.9. The fourth-order valence-corrected chi connectivity index (χ4v) is 6.43. The molecule has 0 aliphatic carbocycles. The summed E-state index contributed by atoms with van der Waals surface area (Å²) >= 11 is 1.46. The maximum atomic E-state index is 13.4. The number of piperazine rings is 1. The molecule has 2 saturated heterocycles. The maximum absolute atomic E-state index is 13.4. The van der Waals surface area contributed by atoms with Gasteiger partial charge in [-0.2, -0.15) is 13.2 Å². The number of aryl methyl sites for hydroxylation is 1. The van der Waals surface area contributed by atoms with Crippen LogP contribution in [0, 0.1) is 6.92 Å². The zero-order valence-electron chi connectivity index (χ0n) is 19.4. The first-order chi connectivity index (χ1) is 16.3. The number of amides is 1. The molecule has 8 heteroatoms. The number of likely N-dealkylation sites (tertiary alicyclic amines) is 1. The lowest BCUT2D eigenvalue weighted by atomic mass is 9.95. The Morgan fingerprint density at radius 2 is 1.76 bits per heavy atom. The van der Waals surface area contributed by atoms with Crippen LogP contribution in [0.3, 0.4) is 0 Å². The minimum atomic E-state index is -4.34. The van der Waals surface area contributed by atoms with Crippen LogP contribution in [0.5, 0.6) is 0 Å². The highest BCUT2D eigenvalue weighted by Gasteiger charge is 2.34. The summed E-state index contributed by atoms with van der Waals surface area (Å²) in [5, 5.41) is 0. The summed E-state index contributed by atoms with van der Waals surface area (Å²) in [4.78, 5) is 20.5. The quantitative estimate of drug-likeness (QED) is 0.604. The van der Waals surface area contributed by atoms with Crippen LogP contribution in [0.25, 0.3) is 0 Å². The van der Waals surface area contributed by atoms with Gasteiger partial charge in [-0.1, -0.05) is 35.5 Å². The van der Waals surface area contributed by atoms with Gasteiger partial charge in [0.1, 0.15) is 0 Å². The van der Waals surface area contributed by atoms with Gasteiger partial charge in [-0.05, 0) is 49.1 Å². The van der Waals surface area contributed by atoms with Gasteiger partial charge in [-0.25, -0.2) is 0 Å². The number of carbonyl (C=O) groups is 1. The summed E-state index contributed by atoms with van der Waals surface area (Å²) < 4.78 is 40.1. The van der Waals surface area contributed by atoms with Crippen molar-refractivity contribution < 1.29 is 18.0 Å². The van der Waals surface area contributed by atoms with Gasteiger partial charge in [0.2, 0.25) is 5.91 Å². The molecule has 0 bridgehead atoms. The van der Waals surface area contributed by atoms with E-state index in [4.69, 9.17) is 0 Å². The first-order valence-corrected chi connectivity index (χ1v) is 12.8. The highest BCUT2D eigenvalue weighted by molar-refractivity contribution is 7.99. The topological polar surface area (TPSA) is 26.8 Å². The fourth-order valence-electron chi connectivity index (χ4n) is 5.28. The fraction of sp³-hybridized carbons (Fsp3) is 0.500. The molecule has 1 amide bonds. The molecule has 34 heavy (non-hydrogen) atoms. The molecule has 2 aromatic rings. The number of fused-ring (bicyclic) bond motifs is 2. The second-order valence-corrected chi connectivity index (χ2v) is 10.6. The molecular weight excluding hydrogens is 459 g/mol. The Bertz CT molecular complexity index is 1070. The Balaban J connectivity index is 1.33. The Kier molecular flexibility index (Phi) is 6.66. The van der Waals surface area contributed by atoms with Gasteiger partial charge in [0, 0.05) is 68.1 Å². The van der Waals surface area contributed by atoms with E-state index in [9.17, 15) is 18.0 Å². The van der Waals surface area contributed by atoms with E-state index in [-0.39, 0.29) is 11.9 Å². The highest BCUT2D eigenvalue weighted by Crippen LogP contribution is 2.45. The molecule has 1 atom stereocenters. The molecule has 2 fully saturated rings. The van der Waals surface area contributed by atoms with Crippen LogP contribution in [-0.4, -0.2) is 66.4 Å². The number of hydrogen-bond donors (Lipinski definition) is 0. The second kappa shape index (κ2) is 9.55. The van der Waals surface area contributed by atoms with Crippen LogP contribution in [0.2, 0.25) is 0 Å². The average molecular weight is 490 g/mol. The lowest BCUT2D eigenvalue weighted by molar-refractivity contribution is -0.137. The summed E-state index contributed by atoms with van der Waals surface area (Å²) in [6, 6.07) is 10.6. The van der Waals surface area contributed by atoms with E-state index in [1.165, 1.54) is 35.0 Å². The van der Waals surface area contributed by atoms with Crippen LogP contribution in [0.1, 0.15) is 41.1 Å². The SMILES string of the molecule is Cc1ccc2c(c1)C(N1CCN(CCN3CCCC3=O)CC1)Cc1ccc(C(F)(F)F)cc1S2. The van der Waals surface area contributed by atoms with E-state index in [0.29, 0.717) is 17.7 Å². The minimum Gasteiger partial charge on any atom is -0.341 e. The van der Waals surface area contributed by atoms with Crippen molar-refractivity contribution >= 4 is 17.7 Å². The van der Waals surface area contributed by atoms with Gasteiger partial charge in [0.15, 0.2) is 0 Å². The van der Waals surface area contributed by atoms with E-state index in [0.717, 1.165) is 62.7 Å². The Hall–Kier alpha value is -2.03. The Labute approximate surface area is 203 Å². The standard InChI is InChI=1S/C26H30F3N3OS/c1-18-4-7-23-21(15-18)22(16-19-5-6-20(26(27,28)29)17-24(19)34-23)31-12-9-30(10-13-31)11-14-32-8-2-3-25(32)33/h4-7,15,17,22H,2-3,8-14,16H2,1H3. The van der Waals surface area contributed by atoms with Crippen molar-refractivity contribution in [2.24, 2.45) is 0 Å². The summed E-state index contributed by atoms with van der Waals surface area (Å²) in [7, 11) is 0. The molecule has 3 heterocycles. The number of carbonyl (C=O) groups excluding carboxylic acids is 1. The average Bonchev–Trinajstić information content (AvgIpc) is 3.14. The molecule has 0 saturated carbocycles. The number of benzene rings is 2. The third kappa shape index (κ3) is 4.99. The van der Waals surface area contributed by atoms with Crippen LogP contribution in [0.4, 0.5) is 13.2 Å². The van der Waals surface area contributed by atoms with Crippen molar-refractivity contribution in [1.82, 2.24) is 14.7 Å². The van der Waals surface area contributed by atoms with Crippen LogP contribution >= 0.6 is 11.8 Å². The van der Waals surface area contributed by atoms with Crippen molar-refractivity contribution in [2.45, 2.75) is 48.2 Å². The maximum Gasteiger partial charge on any atom is 0.416 e. The van der Waals surface area contributed by atoms with E-state index < -0.39 is 11.7 Å². The van der Waals surface area contributed by atoms with Crippen molar-refractivity contribution in [3.8, 4) is 0 Å². The molecule has 3 aliphatic rings. The number of alkyl halides is 3. The number of hydrogen-bond acceptors (Lipinski definition) is 4. The Morgan fingerprint density at radius 3 is 2.47 bits per heavy atom. The van der Waals surface area contributed by atoms with Crippen molar-refractivity contribution in [2.75, 3.05) is 45.8 Å². The van der Waals surface area contributed by atoms with Gasteiger partial charge in [-0.15, -0.1) is 0 Å². The van der Waals surface area contributed by atoms with Gasteiger partial charge in [0.25, 0.3) is 0 Å². The van der Waals surface area contributed by atoms with E-state index in [2.05, 4.69) is 28.9 Å². The molecule has 4 nitrogen and oxygen atoms in total. The predicted octanol–water partition coefficient (Wildman–Crippen LogP) is 5.00. The molecule has 0 N–H and O–H groups in total. The number of halogens is 3. The predicted molar refractivity (Wildman–Crippen MR) is 127 cm³/mol. The molecule has 5 rings (SSSR count). The minimum absolute atomic E-state index is 0.141. The molecule has 2 aromatic carbocycles. The van der Waals surface area contributed by atoms with E-state index in [1.54, 1.807) is 6.07 Å². The second-order valence-electron chi connectivity index (χ2n) is 9.55. The van der Waals surface area contributed by atoms with Gasteiger partial charge >= 0.3 is 6.18 Å². The lowest BCUT2D eigenvalue weighted by Gasteiger charge is -2.40. The van der Waals surface area contributed by atoms with Gasteiger partial charge < -0.3 is 4.90 Å². The molecule has 182 valence electrons. The van der Waals surface area contributed by atoms with E-state index >= 15 is 0 Å². The summed E-state index contributed by atoms with van der Waals surface area (Å²) in [5.41, 5.74) is 2.77. The summed E-state index contributed by atoms with van der Waals surface area (Å²) in [6.45, 7) is 8.34. The largest absolute Gasteiger partial charge is 0.416 e. The van der Waals surface area contributed by atoms with Crippen LogP contribution in [-0.2, 0) is 17.4 Å². The molecular formula is C26H30F3N3OS. The summed E-state index contributed by atoms with van der Waals surface area (Å²) in [5.74, 6) is 0.272. The van der Waals surface area contributed by atoms with Gasteiger partial charge in [0.05, 0.1) is 5.56 Å². The first-order valence-electron chi connectivity index (χ1n) is 12.0. The molecule has 3 aliphatic heterocycles. The third-order valence-electron chi connectivity index (χ3n) is 7.26. The molecule has 0 spiro atoms. The number of nitrogens with zero attached hydrogens (tertiary/aromatic N) is 3. The Morgan fingerprint density at radius 1 is 0.971 bits per heavy atom. The molecule has 0 radical (unpaired) electrons. The van der Waals surface area contributed by atoms with Gasteiger partial charge in [-0.3, -0.25) is 14.6 Å². The van der Waals surface area contributed by atoms with E-state index in [1.807, 2.05) is 11.0 Å². The summed E-state index contributed by atoms with van der Waals surface area (Å²) in [6.07, 6.45) is -1.98. The number of rotatable bonds is 4.